The van der Waals surface area contributed by atoms with Crippen LogP contribution in [0.15, 0.2) is 47.9 Å². The molecular weight excluding hydrogens is 212 g/mol. The van der Waals surface area contributed by atoms with Crippen molar-refractivity contribution >= 4 is 11.3 Å². The number of aliphatic imine (C=N–C) groups is 1. The van der Waals surface area contributed by atoms with Gasteiger partial charge in [0.15, 0.2) is 0 Å². The molecule has 0 saturated heterocycles. The SMILES string of the molecule is CN=C(/C=C(\C)c1ccn[nH]1)c1cccnc1. The van der Waals surface area contributed by atoms with Gasteiger partial charge in [0.1, 0.15) is 0 Å². The summed E-state index contributed by atoms with van der Waals surface area (Å²) in [5.74, 6) is 0. The van der Waals surface area contributed by atoms with E-state index in [1.54, 1.807) is 25.6 Å². The molecule has 0 aromatic carbocycles. The van der Waals surface area contributed by atoms with Crippen molar-refractivity contribution in [2.75, 3.05) is 7.05 Å². The maximum Gasteiger partial charge on any atom is 0.0662 e. The Kier molecular flexibility index (Phi) is 3.45. The van der Waals surface area contributed by atoms with Crippen LogP contribution in [0, 0.1) is 0 Å². The summed E-state index contributed by atoms with van der Waals surface area (Å²) in [4.78, 5) is 8.37. The van der Waals surface area contributed by atoms with E-state index < -0.39 is 0 Å². The molecule has 2 heterocycles. The summed E-state index contributed by atoms with van der Waals surface area (Å²) in [6.45, 7) is 2.02. The lowest BCUT2D eigenvalue weighted by atomic mass is 10.1. The number of aromatic amines is 1. The van der Waals surface area contributed by atoms with Crippen LogP contribution in [0.25, 0.3) is 5.57 Å². The summed E-state index contributed by atoms with van der Waals surface area (Å²) in [6.07, 6.45) is 7.31. The Hall–Kier alpha value is -2.23. The Labute approximate surface area is 100 Å². The van der Waals surface area contributed by atoms with E-state index in [1.165, 1.54) is 0 Å². The zero-order chi connectivity index (χ0) is 12.1. The van der Waals surface area contributed by atoms with Crippen LogP contribution < -0.4 is 0 Å². The van der Waals surface area contributed by atoms with Crippen LogP contribution in [0.1, 0.15) is 18.2 Å². The van der Waals surface area contributed by atoms with Crippen LogP contribution >= 0.6 is 0 Å². The van der Waals surface area contributed by atoms with Crippen LogP contribution in [-0.2, 0) is 0 Å². The van der Waals surface area contributed by atoms with E-state index in [0.29, 0.717) is 0 Å². The molecule has 1 N–H and O–H groups in total. The van der Waals surface area contributed by atoms with Gasteiger partial charge in [-0.25, -0.2) is 0 Å². The molecule has 0 bridgehead atoms. The van der Waals surface area contributed by atoms with E-state index in [1.807, 2.05) is 31.2 Å². The highest BCUT2D eigenvalue weighted by Crippen LogP contribution is 2.11. The average Bonchev–Trinajstić information content (AvgIpc) is 2.90. The fourth-order valence-electron chi connectivity index (χ4n) is 1.55. The minimum absolute atomic E-state index is 0.908. The first-order chi connectivity index (χ1) is 8.31. The quantitative estimate of drug-likeness (QED) is 0.816. The molecule has 0 spiro atoms. The molecule has 0 aliphatic heterocycles. The standard InChI is InChI=1S/C13H14N4/c1-10(12-5-7-16-17-12)8-13(14-2)11-4-3-6-15-9-11/h3-9H,1-2H3,(H,16,17)/b10-8+,14-13?. The summed E-state index contributed by atoms with van der Waals surface area (Å²) in [5.41, 5.74) is 4.00. The van der Waals surface area contributed by atoms with Gasteiger partial charge in [-0.1, -0.05) is 0 Å². The lowest BCUT2D eigenvalue weighted by Gasteiger charge is -2.02. The Morgan fingerprint density at radius 3 is 2.82 bits per heavy atom. The molecule has 2 aromatic heterocycles. The number of aromatic nitrogens is 3. The van der Waals surface area contributed by atoms with Gasteiger partial charge in [0.05, 0.1) is 11.4 Å². The van der Waals surface area contributed by atoms with Crippen molar-refractivity contribution in [1.29, 1.82) is 0 Å². The van der Waals surface area contributed by atoms with Gasteiger partial charge in [0.25, 0.3) is 0 Å². The topological polar surface area (TPSA) is 53.9 Å². The van der Waals surface area contributed by atoms with Gasteiger partial charge < -0.3 is 0 Å². The average molecular weight is 226 g/mol. The van der Waals surface area contributed by atoms with E-state index in [0.717, 1.165) is 22.5 Å². The summed E-state index contributed by atoms with van der Waals surface area (Å²) < 4.78 is 0. The number of nitrogens with zero attached hydrogens (tertiary/aromatic N) is 3. The zero-order valence-electron chi connectivity index (χ0n) is 9.88. The highest BCUT2D eigenvalue weighted by atomic mass is 15.1. The minimum Gasteiger partial charge on any atom is -0.288 e. The lowest BCUT2D eigenvalue weighted by molar-refractivity contribution is 1.07. The molecule has 4 heteroatoms. The smallest absolute Gasteiger partial charge is 0.0662 e. The first-order valence-electron chi connectivity index (χ1n) is 5.36. The summed E-state index contributed by atoms with van der Waals surface area (Å²) >= 11 is 0. The third-order valence-corrected chi connectivity index (χ3v) is 2.48. The fourth-order valence-corrected chi connectivity index (χ4v) is 1.55. The van der Waals surface area contributed by atoms with Gasteiger partial charge in [-0.2, -0.15) is 5.10 Å². The largest absolute Gasteiger partial charge is 0.288 e. The summed E-state index contributed by atoms with van der Waals surface area (Å²) in [7, 11) is 1.78. The molecule has 0 unspecified atom stereocenters. The molecule has 4 nitrogen and oxygen atoms in total. The van der Waals surface area contributed by atoms with Gasteiger partial charge in [0.2, 0.25) is 0 Å². The first kappa shape index (κ1) is 11.3. The number of hydrogen-bond donors (Lipinski definition) is 1. The third-order valence-electron chi connectivity index (χ3n) is 2.48. The monoisotopic (exact) mass is 226 g/mol. The Morgan fingerprint density at radius 2 is 2.24 bits per heavy atom. The van der Waals surface area contributed by atoms with Crippen molar-refractivity contribution in [1.82, 2.24) is 15.2 Å². The van der Waals surface area contributed by atoms with E-state index in [4.69, 9.17) is 0 Å². The van der Waals surface area contributed by atoms with Crippen molar-refractivity contribution < 1.29 is 0 Å². The molecule has 0 radical (unpaired) electrons. The van der Waals surface area contributed by atoms with E-state index in [2.05, 4.69) is 20.2 Å². The summed E-state index contributed by atoms with van der Waals surface area (Å²) in [5, 5.41) is 6.86. The van der Waals surface area contributed by atoms with Crippen molar-refractivity contribution in [3.63, 3.8) is 0 Å². The van der Waals surface area contributed by atoms with Crippen LogP contribution in [0.5, 0.6) is 0 Å². The highest BCUT2D eigenvalue weighted by molar-refractivity contribution is 6.11. The third kappa shape index (κ3) is 2.66. The van der Waals surface area contributed by atoms with Crippen molar-refractivity contribution in [3.8, 4) is 0 Å². The minimum atomic E-state index is 0.908. The number of hydrogen-bond acceptors (Lipinski definition) is 3. The van der Waals surface area contributed by atoms with Gasteiger partial charge in [0, 0.05) is 31.2 Å². The predicted octanol–water partition coefficient (Wildman–Crippen LogP) is 2.33. The number of nitrogens with one attached hydrogen (secondary N) is 1. The molecule has 2 rings (SSSR count). The number of H-pyrrole nitrogens is 1. The van der Waals surface area contributed by atoms with Crippen molar-refractivity contribution in [2.45, 2.75) is 6.92 Å². The first-order valence-corrected chi connectivity index (χ1v) is 5.36. The number of allylic oxidation sites excluding steroid dienone is 2. The van der Waals surface area contributed by atoms with Gasteiger partial charge in [-0.15, -0.1) is 0 Å². The second kappa shape index (κ2) is 5.21. The maximum absolute atomic E-state index is 4.27. The van der Waals surface area contributed by atoms with Crippen molar-refractivity contribution in [2.24, 2.45) is 4.99 Å². The Morgan fingerprint density at radius 1 is 1.35 bits per heavy atom. The summed E-state index contributed by atoms with van der Waals surface area (Å²) in [6, 6.07) is 5.83. The fraction of sp³-hybridized carbons (Fsp3) is 0.154. The molecule has 0 aliphatic carbocycles. The highest BCUT2D eigenvalue weighted by Gasteiger charge is 2.02. The van der Waals surface area contributed by atoms with Crippen LogP contribution in [-0.4, -0.2) is 27.9 Å². The Bertz CT molecular complexity index is 524. The van der Waals surface area contributed by atoms with Gasteiger partial charge in [-0.05, 0) is 36.8 Å². The molecular formula is C13H14N4. The number of rotatable bonds is 3. The van der Waals surface area contributed by atoms with Crippen LogP contribution in [0.2, 0.25) is 0 Å². The van der Waals surface area contributed by atoms with Crippen LogP contribution in [0.3, 0.4) is 0 Å². The van der Waals surface area contributed by atoms with Crippen molar-refractivity contribution in [3.05, 3.63) is 54.1 Å². The molecule has 0 amide bonds. The van der Waals surface area contributed by atoms with Gasteiger partial charge in [-0.3, -0.25) is 15.1 Å². The zero-order valence-corrected chi connectivity index (χ0v) is 9.88. The molecule has 0 saturated carbocycles. The molecule has 17 heavy (non-hydrogen) atoms. The molecule has 0 atom stereocenters. The van der Waals surface area contributed by atoms with Crippen LogP contribution in [0.4, 0.5) is 0 Å². The lowest BCUT2D eigenvalue weighted by Crippen LogP contribution is -1.98. The van der Waals surface area contributed by atoms with E-state index in [-0.39, 0.29) is 0 Å². The second-order valence-electron chi connectivity index (χ2n) is 3.65. The second-order valence-corrected chi connectivity index (χ2v) is 3.65. The molecule has 86 valence electrons. The maximum atomic E-state index is 4.27. The normalized spacial score (nSPS) is 12.8. The van der Waals surface area contributed by atoms with E-state index in [9.17, 15) is 0 Å². The Balaban J connectivity index is 2.31. The molecule has 2 aromatic rings. The van der Waals surface area contributed by atoms with E-state index >= 15 is 0 Å². The molecule has 0 fully saturated rings. The van der Waals surface area contributed by atoms with Gasteiger partial charge >= 0.3 is 0 Å². The molecule has 0 aliphatic rings. The number of pyridine rings is 1. The predicted molar refractivity (Wildman–Crippen MR) is 68.9 cm³/mol.